The Balaban J connectivity index is 1.58. The minimum atomic E-state index is -3.38. The Hall–Kier alpha value is -0.950. The molecular formula is C19H29NO4S. The maximum Gasteiger partial charge on any atom is 0.243 e. The lowest BCUT2D eigenvalue weighted by Crippen LogP contribution is -2.39. The molecule has 1 fully saturated rings. The number of fused-ring (bicyclic) bond motifs is 1. The van der Waals surface area contributed by atoms with Crippen LogP contribution in [0.3, 0.4) is 0 Å². The minimum absolute atomic E-state index is 0.437. The van der Waals surface area contributed by atoms with Crippen molar-refractivity contribution >= 4 is 10.0 Å². The number of rotatable bonds is 7. The van der Waals surface area contributed by atoms with Crippen molar-refractivity contribution in [2.24, 2.45) is 5.92 Å². The standard InChI is InChI=1S/C19H29NO4S/c1-23-12-13-24-15-16-8-10-20(11-9-16)25(21,22)19-7-6-17-4-2-3-5-18(17)14-19/h6-7,14,16H,2-5,8-13,15H2,1H3. The van der Waals surface area contributed by atoms with Crippen LogP contribution in [0.25, 0.3) is 0 Å². The maximum atomic E-state index is 13.0. The number of hydrogen-bond donors (Lipinski definition) is 0. The zero-order valence-corrected chi connectivity index (χ0v) is 15.9. The van der Waals surface area contributed by atoms with Crippen LogP contribution in [0, 0.1) is 5.92 Å². The van der Waals surface area contributed by atoms with Crippen molar-refractivity contribution in [2.75, 3.05) is 40.0 Å². The Morgan fingerprint density at radius 3 is 2.52 bits per heavy atom. The number of piperidine rings is 1. The van der Waals surface area contributed by atoms with E-state index in [0.717, 1.165) is 32.1 Å². The first-order valence-corrected chi connectivity index (χ1v) is 10.7. The quantitative estimate of drug-likeness (QED) is 0.695. The van der Waals surface area contributed by atoms with Gasteiger partial charge in [-0.25, -0.2) is 8.42 Å². The molecule has 140 valence electrons. The van der Waals surface area contributed by atoms with Crippen molar-refractivity contribution in [1.29, 1.82) is 0 Å². The van der Waals surface area contributed by atoms with Crippen LogP contribution in [0.4, 0.5) is 0 Å². The largest absolute Gasteiger partial charge is 0.382 e. The summed E-state index contributed by atoms with van der Waals surface area (Å²) in [5.74, 6) is 0.437. The SMILES string of the molecule is COCCOCC1CCN(S(=O)(=O)c2ccc3c(c2)CCCC3)CC1. The number of benzene rings is 1. The van der Waals surface area contributed by atoms with Crippen LogP contribution in [0.15, 0.2) is 23.1 Å². The number of sulfonamides is 1. The van der Waals surface area contributed by atoms with E-state index in [1.54, 1.807) is 17.5 Å². The van der Waals surface area contributed by atoms with Crippen molar-refractivity contribution < 1.29 is 17.9 Å². The second-order valence-corrected chi connectivity index (χ2v) is 8.99. The monoisotopic (exact) mass is 367 g/mol. The van der Waals surface area contributed by atoms with Crippen molar-refractivity contribution in [3.8, 4) is 0 Å². The Kier molecular flexibility index (Phi) is 6.49. The first-order chi connectivity index (χ1) is 12.1. The van der Waals surface area contributed by atoms with Gasteiger partial charge in [0, 0.05) is 26.8 Å². The van der Waals surface area contributed by atoms with Gasteiger partial charge in [0.15, 0.2) is 0 Å². The minimum Gasteiger partial charge on any atom is -0.382 e. The van der Waals surface area contributed by atoms with E-state index in [2.05, 4.69) is 0 Å². The molecule has 1 aromatic carbocycles. The molecule has 1 aliphatic carbocycles. The highest BCUT2D eigenvalue weighted by atomic mass is 32.2. The molecular weight excluding hydrogens is 338 g/mol. The smallest absolute Gasteiger partial charge is 0.243 e. The number of hydrogen-bond acceptors (Lipinski definition) is 4. The summed E-state index contributed by atoms with van der Waals surface area (Å²) in [7, 11) is -1.72. The van der Waals surface area contributed by atoms with Crippen LogP contribution in [0.2, 0.25) is 0 Å². The van der Waals surface area contributed by atoms with E-state index in [1.807, 2.05) is 12.1 Å². The number of ether oxygens (including phenoxy) is 2. The molecule has 0 spiro atoms. The van der Waals surface area contributed by atoms with Gasteiger partial charge in [-0.2, -0.15) is 4.31 Å². The van der Waals surface area contributed by atoms with Gasteiger partial charge >= 0.3 is 0 Å². The van der Waals surface area contributed by atoms with Gasteiger partial charge in [0.2, 0.25) is 10.0 Å². The van der Waals surface area contributed by atoms with Crippen molar-refractivity contribution in [3.63, 3.8) is 0 Å². The van der Waals surface area contributed by atoms with E-state index in [1.165, 1.54) is 17.5 Å². The third kappa shape index (κ3) is 4.61. The van der Waals surface area contributed by atoms with E-state index in [4.69, 9.17) is 9.47 Å². The lowest BCUT2D eigenvalue weighted by molar-refractivity contribution is 0.0410. The van der Waals surface area contributed by atoms with Crippen LogP contribution < -0.4 is 0 Å². The molecule has 0 amide bonds. The summed E-state index contributed by atoms with van der Waals surface area (Å²) in [5.41, 5.74) is 2.53. The van der Waals surface area contributed by atoms with Gasteiger partial charge in [0.25, 0.3) is 0 Å². The molecule has 0 saturated carbocycles. The summed E-state index contributed by atoms with van der Waals surface area (Å²) in [6.45, 7) is 3.06. The highest BCUT2D eigenvalue weighted by molar-refractivity contribution is 7.89. The van der Waals surface area contributed by atoms with Gasteiger partial charge in [-0.15, -0.1) is 0 Å². The Morgan fingerprint density at radius 1 is 1.08 bits per heavy atom. The molecule has 5 nitrogen and oxygen atoms in total. The van der Waals surface area contributed by atoms with E-state index >= 15 is 0 Å². The molecule has 0 bridgehead atoms. The summed E-state index contributed by atoms with van der Waals surface area (Å²) in [4.78, 5) is 0.461. The molecule has 1 aromatic rings. The predicted molar refractivity (Wildman–Crippen MR) is 97.3 cm³/mol. The normalized spacial score (nSPS) is 19.7. The zero-order chi connectivity index (χ0) is 17.7. The number of nitrogens with zero attached hydrogens (tertiary/aromatic N) is 1. The van der Waals surface area contributed by atoms with Crippen LogP contribution in [-0.4, -0.2) is 52.7 Å². The molecule has 1 aliphatic heterocycles. The van der Waals surface area contributed by atoms with Crippen molar-refractivity contribution in [2.45, 2.75) is 43.4 Å². The average molecular weight is 368 g/mol. The van der Waals surface area contributed by atoms with Crippen molar-refractivity contribution in [1.82, 2.24) is 4.31 Å². The third-order valence-electron chi connectivity index (χ3n) is 5.32. The Bertz CT molecular complexity index is 666. The third-order valence-corrected chi connectivity index (χ3v) is 7.21. The van der Waals surface area contributed by atoms with Crippen LogP contribution in [0.5, 0.6) is 0 Å². The fourth-order valence-electron chi connectivity index (χ4n) is 3.73. The Morgan fingerprint density at radius 2 is 1.80 bits per heavy atom. The van der Waals surface area contributed by atoms with E-state index in [9.17, 15) is 8.42 Å². The first-order valence-electron chi connectivity index (χ1n) is 9.30. The Labute approximate surface area is 151 Å². The predicted octanol–water partition coefficient (Wildman–Crippen LogP) is 2.63. The molecule has 0 aromatic heterocycles. The molecule has 1 saturated heterocycles. The summed E-state index contributed by atoms with van der Waals surface area (Å²) in [6.07, 6.45) is 6.15. The zero-order valence-electron chi connectivity index (χ0n) is 15.1. The molecule has 3 rings (SSSR count). The summed E-state index contributed by atoms with van der Waals surface area (Å²) < 4.78 is 38.1. The van der Waals surface area contributed by atoms with E-state index < -0.39 is 10.0 Å². The average Bonchev–Trinajstić information content (AvgIpc) is 2.65. The second-order valence-electron chi connectivity index (χ2n) is 7.05. The maximum absolute atomic E-state index is 13.0. The molecule has 0 radical (unpaired) electrons. The molecule has 0 unspecified atom stereocenters. The highest BCUT2D eigenvalue weighted by Crippen LogP contribution is 2.28. The van der Waals surface area contributed by atoms with Gasteiger partial charge in [-0.05, 0) is 67.7 Å². The summed E-state index contributed by atoms with van der Waals surface area (Å²) >= 11 is 0. The molecule has 1 heterocycles. The van der Waals surface area contributed by atoms with Gasteiger partial charge in [0.05, 0.1) is 18.1 Å². The molecule has 0 N–H and O–H groups in total. The molecule has 2 aliphatic rings. The van der Waals surface area contributed by atoms with E-state index in [0.29, 0.717) is 43.7 Å². The number of aryl methyl sites for hydroxylation is 2. The van der Waals surface area contributed by atoms with Gasteiger partial charge in [-0.1, -0.05) is 6.07 Å². The van der Waals surface area contributed by atoms with Crippen LogP contribution in [-0.2, 0) is 32.3 Å². The van der Waals surface area contributed by atoms with E-state index in [-0.39, 0.29) is 0 Å². The second kappa shape index (κ2) is 8.62. The number of methoxy groups -OCH3 is 1. The van der Waals surface area contributed by atoms with Gasteiger partial charge < -0.3 is 9.47 Å². The first kappa shape index (κ1) is 18.8. The van der Waals surface area contributed by atoms with Crippen molar-refractivity contribution in [3.05, 3.63) is 29.3 Å². The van der Waals surface area contributed by atoms with Crippen LogP contribution >= 0.6 is 0 Å². The molecule has 6 heteroatoms. The topological polar surface area (TPSA) is 55.8 Å². The highest BCUT2D eigenvalue weighted by Gasteiger charge is 2.30. The lowest BCUT2D eigenvalue weighted by Gasteiger charge is -2.31. The molecule has 0 atom stereocenters. The fraction of sp³-hybridized carbons (Fsp3) is 0.684. The van der Waals surface area contributed by atoms with Gasteiger partial charge in [0.1, 0.15) is 0 Å². The van der Waals surface area contributed by atoms with Crippen LogP contribution in [0.1, 0.15) is 36.8 Å². The molecule has 25 heavy (non-hydrogen) atoms. The fourth-order valence-corrected chi connectivity index (χ4v) is 5.25. The summed E-state index contributed by atoms with van der Waals surface area (Å²) in [6, 6.07) is 5.71. The van der Waals surface area contributed by atoms with Gasteiger partial charge in [-0.3, -0.25) is 0 Å². The summed E-state index contributed by atoms with van der Waals surface area (Å²) in [5, 5.41) is 0. The lowest BCUT2D eigenvalue weighted by atomic mass is 9.92.